The number of nitrogens with zero attached hydrogens (tertiary/aromatic N) is 1. The molecule has 84 valence electrons. The number of Topliss-reactive ketones (excluding diaryl/α,β-unsaturated/α-hetero) is 1. The van der Waals surface area contributed by atoms with E-state index < -0.39 is 0 Å². The molecule has 2 aromatic rings. The van der Waals surface area contributed by atoms with E-state index in [2.05, 4.69) is 0 Å². The largest absolute Gasteiger partial charge is 0.337 e. The van der Waals surface area contributed by atoms with E-state index in [0.29, 0.717) is 6.42 Å². The number of carbonyl (C=O) groups excluding carboxylic acids is 1. The molecule has 16 heavy (non-hydrogen) atoms. The van der Waals surface area contributed by atoms with Crippen LogP contribution in [0.3, 0.4) is 0 Å². The second-order valence-electron chi connectivity index (χ2n) is 3.92. The van der Waals surface area contributed by atoms with Gasteiger partial charge in [0.05, 0.1) is 6.04 Å². The molecule has 0 saturated carbocycles. The first kappa shape index (κ1) is 10.9. The number of rotatable bonds is 3. The van der Waals surface area contributed by atoms with Crippen molar-refractivity contribution in [3.8, 4) is 0 Å². The molecule has 0 N–H and O–H groups in total. The highest BCUT2D eigenvalue weighted by atomic mass is 19.1. The Morgan fingerprint density at radius 3 is 2.88 bits per heavy atom. The predicted molar refractivity (Wildman–Crippen MR) is 61.9 cm³/mol. The minimum Gasteiger partial charge on any atom is -0.337 e. The minimum atomic E-state index is -0.250. The van der Waals surface area contributed by atoms with Gasteiger partial charge in [0.25, 0.3) is 0 Å². The van der Waals surface area contributed by atoms with Gasteiger partial charge in [-0.25, -0.2) is 4.39 Å². The van der Waals surface area contributed by atoms with Gasteiger partial charge in [0.15, 0.2) is 5.78 Å². The van der Waals surface area contributed by atoms with E-state index in [0.717, 1.165) is 10.9 Å². The summed E-state index contributed by atoms with van der Waals surface area (Å²) in [7, 11) is 0. The van der Waals surface area contributed by atoms with Crippen molar-refractivity contribution < 1.29 is 9.18 Å². The molecule has 0 amide bonds. The van der Waals surface area contributed by atoms with Gasteiger partial charge in [0.1, 0.15) is 5.82 Å². The number of hydrogen-bond donors (Lipinski definition) is 0. The van der Waals surface area contributed by atoms with Crippen LogP contribution >= 0.6 is 0 Å². The van der Waals surface area contributed by atoms with Crippen LogP contribution in [0.4, 0.5) is 4.39 Å². The topological polar surface area (TPSA) is 22.0 Å². The summed E-state index contributed by atoms with van der Waals surface area (Å²) in [6.07, 6.45) is 2.35. The first-order valence-corrected chi connectivity index (χ1v) is 5.42. The van der Waals surface area contributed by atoms with Gasteiger partial charge in [0, 0.05) is 23.5 Å². The Balaban J connectivity index is 2.50. The predicted octanol–water partition coefficient (Wildman–Crippen LogP) is 3.32. The zero-order valence-corrected chi connectivity index (χ0v) is 9.40. The normalized spacial score (nSPS) is 12.9. The summed E-state index contributed by atoms with van der Waals surface area (Å²) in [5.74, 6) is -0.0680. The molecule has 1 atom stereocenters. The summed E-state index contributed by atoms with van der Waals surface area (Å²) in [6.45, 7) is 3.72. The molecule has 0 aliphatic rings. The van der Waals surface area contributed by atoms with Gasteiger partial charge >= 0.3 is 0 Å². The van der Waals surface area contributed by atoms with Gasteiger partial charge in [-0.15, -0.1) is 0 Å². The molecule has 2 nitrogen and oxygen atoms in total. The monoisotopic (exact) mass is 219 g/mol. The molecule has 2 rings (SSSR count). The van der Waals surface area contributed by atoms with E-state index in [4.69, 9.17) is 0 Å². The summed E-state index contributed by atoms with van der Waals surface area (Å²) in [6, 6.07) is 6.26. The minimum absolute atomic E-state index is 0.182. The highest BCUT2D eigenvalue weighted by molar-refractivity contribution is 5.86. The van der Waals surface area contributed by atoms with E-state index >= 15 is 0 Å². The molecule has 0 radical (unpaired) electrons. The summed E-state index contributed by atoms with van der Waals surface area (Å²) >= 11 is 0. The first-order chi connectivity index (χ1) is 7.63. The summed E-state index contributed by atoms with van der Waals surface area (Å²) in [5.41, 5.74) is 0.899. The van der Waals surface area contributed by atoms with Crippen LogP contribution in [0.15, 0.2) is 30.5 Å². The van der Waals surface area contributed by atoms with Gasteiger partial charge < -0.3 is 4.57 Å². The van der Waals surface area contributed by atoms with E-state index in [9.17, 15) is 9.18 Å². The average Bonchev–Trinajstić information content (AvgIpc) is 2.69. The van der Waals surface area contributed by atoms with E-state index in [1.807, 2.05) is 30.7 Å². The molecule has 0 bridgehead atoms. The Kier molecular flexibility index (Phi) is 2.77. The highest BCUT2D eigenvalue weighted by Crippen LogP contribution is 2.22. The molecule has 0 aliphatic carbocycles. The summed E-state index contributed by atoms with van der Waals surface area (Å²) in [5, 5.41) is 0.829. The second kappa shape index (κ2) is 4.08. The van der Waals surface area contributed by atoms with Crippen molar-refractivity contribution in [2.45, 2.75) is 26.3 Å². The number of ketones is 1. The molecular weight excluding hydrogens is 205 g/mol. The maximum absolute atomic E-state index is 13.0. The standard InChI is InChI=1S/C13H14FNO/c1-3-13(16)9(2)15-7-6-10-8-11(14)4-5-12(10)15/h4-9H,3H2,1-2H3. The van der Waals surface area contributed by atoms with Crippen LogP contribution in [-0.2, 0) is 4.79 Å². The number of fused-ring (bicyclic) bond motifs is 1. The third kappa shape index (κ3) is 1.73. The molecule has 1 aromatic heterocycles. The molecule has 0 spiro atoms. The van der Waals surface area contributed by atoms with E-state index in [1.54, 1.807) is 6.07 Å². The van der Waals surface area contributed by atoms with Crippen molar-refractivity contribution in [2.75, 3.05) is 0 Å². The molecule has 0 aliphatic heterocycles. The average molecular weight is 219 g/mol. The van der Waals surface area contributed by atoms with Crippen LogP contribution in [0.5, 0.6) is 0 Å². The zero-order valence-electron chi connectivity index (χ0n) is 9.40. The molecule has 0 saturated heterocycles. The fourth-order valence-corrected chi connectivity index (χ4v) is 1.92. The first-order valence-electron chi connectivity index (χ1n) is 5.42. The van der Waals surface area contributed by atoms with Crippen molar-refractivity contribution in [1.29, 1.82) is 0 Å². The van der Waals surface area contributed by atoms with Crippen LogP contribution in [0.2, 0.25) is 0 Å². The van der Waals surface area contributed by atoms with Crippen molar-refractivity contribution in [2.24, 2.45) is 0 Å². The van der Waals surface area contributed by atoms with Crippen molar-refractivity contribution in [3.63, 3.8) is 0 Å². The summed E-state index contributed by atoms with van der Waals surface area (Å²) < 4.78 is 14.9. The fourth-order valence-electron chi connectivity index (χ4n) is 1.92. The highest BCUT2D eigenvalue weighted by Gasteiger charge is 2.14. The van der Waals surface area contributed by atoms with Gasteiger partial charge in [-0.2, -0.15) is 0 Å². The van der Waals surface area contributed by atoms with E-state index in [-0.39, 0.29) is 17.6 Å². The maximum Gasteiger partial charge on any atom is 0.155 e. The zero-order chi connectivity index (χ0) is 11.7. The Morgan fingerprint density at radius 2 is 2.19 bits per heavy atom. The quantitative estimate of drug-likeness (QED) is 0.776. The SMILES string of the molecule is CCC(=O)C(C)n1ccc2cc(F)ccc21. The fraction of sp³-hybridized carbons (Fsp3) is 0.308. The lowest BCUT2D eigenvalue weighted by molar-refractivity contribution is -0.121. The van der Waals surface area contributed by atoms with Crippen LogP contribution in [0.1, 0.15) is 26.3 Å². The molecule has 3 heteroatoms. The molecule has 1 unspecified atom stereocenters. The Hall–Kier alpha value is -1.64. The van der Waals surface area contributed by atoms with Crippen LogP contribution in [-0.4, -0.2) is 10.4 Å². The lowest BCUT2D eigenvalue weighted by Crippen LogP contribution is -2.14. The Morgan fingerprint density at radius 1 is 1.44 bits per heavy atom. The molecule has 1 aromatic carbocycles. The smallest absolute Gasteiger partial charge is 0.155 e. The number of benzene rings is 1. The number of aromatic nitrogens is 1. The molecule has 1 heterocycles. The third-order valence-corrected chi connectivity index (χ3v) is 2.91. The van der Waals surface area contributed by atoms with Crippen LogP contribution in [0.25, 0.3) is 10.9 Å². The van der Waals surface area contributed by atoms with Crippen molar-refractivity contribution in [1.82, 2.24) is 4.57 Å². The Labute approximate surface area is 93.7 Å². The van der Waals surface area contributed by atoms with E-state index in [1.165, 1.54) is 12.1 Å². The summed E-state index contributed by atoms with van der Waals surface area (Å²) in [4.78, 5) is 11.6. The second-order valence-corrected chi connectivity index (χ2v) is 3.92. The molecule has 0 fully saturated rings. The third-order valence-electron chi connectivity index (χ3n) is 2.91. The number of hydrogen-bond acceptors (Lipinski definition) is 1. The van der Waals surface area contributed by atoms with Crippen molar-refractivity contribution in [3.05, 3.63) is 36.3 Å². The van der Waals surface area contributed by atoms with Gasteiger partial charge in [-0.3, -0.25) is 4.79 Å². The Bertz CT molecular complexity index is 530. The number of carbonyl (C=O) groups is 1. The maximum atomic E-state index is 13.0. The number of halogens is 1. The van der Waals surface area contributed by atoms with Gasteiger partial charge in [0.2, 0.25) is 0 Å². The van der Waals surface area contributed by atoms with Crippen LogP contribution < -0.4 is 0 Å². The van der Waals surface area contributed by atoms with Gasteiger partial charge in [-0.1, -0.05) is 6.92 Å². The van der Waals surface area contributed by atoms with Gasteiger partial charge in [-0.05, 0) is 31.2 Å². The van der Waals surface area contributed by atoms with Crippen molar-refractivity contribution >= 4 is 16.7 Å². The van der Waals surface area contributed by atoms with Crippen LogP contribution in [0, 0.1) is 5.82 Å². The molecular formula is C13H14FNO. The lowest BCUT2D eigenvalue weighted by Gasteiger charge is -2.12. The lowest BCUT2D eigenvalue weighted by atomic mass is 10.1.